The molecule has 10 heteroatoms. The molecule has 36 heavy (non-hydrogen) atoms. The second-order valence-corrected chi connectivity index (χ2v) is 10.2. The van der Waals surface area contributed by atoms with E-state index in [1.54, 1.807) is 19.9 Å². The highest BCUT2D eigenvalue weighted by Gasteiger charge is 2.28. The van der Waals surface area contributed by atoms with Crippen LogP contribution in [0.2, 0.25) is 0 Å². The average molecular weight is 529 g/mol. The molecule has 1 aliphatic rings. The first-order valence-electron chi connectivity index (χ1n) is 13.1. The summed E-state index contributed by atoms with van der Waals surface area (Å²) in [6.07, 6.45) is 9.45. The number of ether oxygens (including phenoxy) is 3. The summed E-state index contributed by atoms with van der Waals surface area (Å²) in [7, 11) is 0. The van der Waals surface area contributed by atoms with E-state index in [4.69, 9.17) is 14.2 Å². The van der Waals surface area contributed by atoms with Gasteiger partial charge in [-0.2, -0.15) is 0 Å². The molecule has 0 aromatic rings. The third kappa shape index (κ3) is 16.0. The van der Waals surface area contributed by atoms with Crippen LogP contribution in [0.4, 0.5) is 0 Å². The molecule has 0 spiro atoms. The van der Waals surface area contributed by atoms with Gasteiger partial charge in [0.15, 0.2) is 5.12 Å². The summed E-state index contributed by atoms with van der Waals surface area (Å²) < 4.78 is 16.3. The van der Waals surface area contributed by atoms with E-state index in [2.05, 4.69) is 17.6 Å². The number of hydrogen-bond donors (Lipinski definition) is 2. The van der Waals surface area contributed by atoms with Crippen molar-refractivity contribution in [2.45, 2.75) is 84.3 Å². The molecule has 0 aliphatic carbocycles. The van der Waals surface area contributed by atoms with Gasteiger partial charge in [0, 0.05) is 18.7 Å². The van der Waals surface area contributed by atoms with Crippen molar-refractivity contribution in [1.82, 2.24) is 10.6 Å². The Hall–Kier alpha value is -1.91. The van der Waals surface area contributed by atoms with Crippen molar-refractivity contribution in [3.63, 3.8) is 0 Å². The fourth-order valence-electron chi connectivity index (χ4n) is 3.42. The lowest BCUT2D eigenvalue weighted by Gasteiger charge is -2.23. The van der Waals surface area contributed by atoms with Crippen molar-refractivity contribution in [1.29, 1.82) is 0 Å². The Bertz CT molecular complexity index is 700. The van der Waals surface area contributed by atoms with Crippen molar-refractivity contribution >= 4 is 34.7 Å². The van der Waals surface area contributed by atoms with Crippen LogP contribution >= 0.6 is 11.8 Å². The largest absolute Gasteiger partial charge is 0.456 e. The summed E-state index contributed by atoms with van der Waals surface area (Å²) in [5.74, 6) is -0.897. The van der Waals surface area contributed by atoms with Crippen LogP contribution in [-0.2, 0) is 33.4 Å². The van der Waals surface area contributed by atoms with E-state index in [9.17, 15) is 19.2 Å². The fourth-order valence-corrected chi connectivity index (χ4v) is 4.19. The van der Waals surface area contributed by atoms with E-state index in [0.717, 1.165) is 12.8 Å². The number of amides is 2. The zero-order chi connectivity index (χ0) is 26.6. The Balaban J connectivity index is 2.65. The van der Waals surface area contributed by atoms with Crippen LogP contribution in [0.15, 0.2) is 12.2 Å². The maximum atomic E-state index is 12.8. The van der Waals surface area contributed by atoms with Gasteiger partial charge in [-0.05, 0) is 24.8 Å². The lowest BCUT2D eigenvalue weighted by atomic mass is 10.0. The van der Waals surface area contributed by atoms with Crippen molar-refractivity contribution in [2.24, 2.45) is 5.92 Å². The Kier molecular flexibility index (Phi) is 18.0. The van der Waals surface area contributed by atoms with Crippen molar-refractivity contribution in [3.05, 3.63) is 12.2 Å². The van der Waals surface area contributed by atoms with Gasteiger partial charge in [-0.25, -0.2) is 4.79 Å². The maximum Gasteiger partial charge on any atom is 0.329 e. The minimum atomic E-state index is -0.866. The second-order valence-electron chi connectivity index (χ2n) is 9.09. The van der Waals surface area contributed by atoms with Gasteiger partial charge in [0.05, 0.1) is 26.2 Å². The zero-order valence-electron chi connectivity index (χ0n) is 22.1. The number of nitrogens with one attached hydrogen (secondary N) is 2. The standard InChI is InChI=1S/C26H44N2O7S/c1-4-5-6-7-8-12-24(31)36-17-10-9-11-21-18-22(29)27-13-14-33-15-16-34-19-23(30)28-25(20(2)3)26(32)35-21/h9,11,20-21,25H,4-8,10,12-19H2,1-3H3,(H,27,29)(H,28,30)/t21-,25+/m1/s1. The molecule has 206 valence electrons. The summed E-state index contributed by atoms with van der Waals surface area (Å²) in [5, 5.41) is 5.59. The normalized spacial score (nSPS) is 21.3. The first-order chi connectivity index (χ1) is 17.3. The molecule has 1 heterocycles. The van der Waals surface area contributed by atoms with Crippen LogP contribution in [0.3, 0.4) is 0 Å². The molecule has 0 aromatic carbocycles. The van der Waals surface area contributed by atoms with Crippen molar-refractivity contribution in [2.75, 3.05) is 38.7 Å². The predicted octanol–water partition coefficient (Wildman–Crippen LogP) is 3.16. The second kappa shape index (κ2) is 20.2. The van der Waals surface area contributed by atoms with Gasteiger partial charge >= 0.3 is 5.97 Å². The molecule has 0 unspecified atom stereocenters. The Morgan fingerprint density at radius 1 is 1.06 bits per heavy atom. The number of allylic oxidation sites excluding steroid dienone is 1. The summed E-state index contributed by atoms with van der Waals surface area (Å²) in [4.78, 5) is 49.4. The summed E-state index contributed by atoms with van der Waals surface area (Å²) >= 11 is 1.31. The molecule has 2 N–H and O–H groups in total. The van der Waals surface area contributed by atoms with Crippen molar-refractivity contribution < 1.29 is 33.4 Å². The number of carbonyl (C=O) groups excluding carboxylic acids is 4. The molecule has 1 aliphatic heterocycles. The fraction of sp³-hybridized carbons (Fsp3) is 0.769. The quantitative estimate of drug-likeness (QED) is 0.238. The van der Waals surface area contributed by atoms with E-state index < -0.39 is 24.0 Å². The Morgan fingerprint density at radius 2 is 1.81 bits per heavy atom. The molecule has 2 amide bonds. The molecule has 2 atom stereocenters. The van der Waals surface area contributed by atoms with Gasteiger partial charge in [0.2, 0.25) is 11.8 Å². The van der Waals surface area contributed by atoms with Crippen LogP contribution in [0.5, 0.6) is 0 Å². The average Bonchev–Trinajstić information content (AvgIpc) is 2.82. The smallest absolute Gasteiger partial charge is 0.329 e. The van der Waals surface area contributed by atoms with Crippen LogP contribution in [-0.4, -0.2) is 73.8 Å². The van der Waals surface area contributed by atoms with Crippen LogP contribution in [0, 0.1) is 5.92 Å². The molecule has 0 saturated carbocycles. The lowest BCUT2D eigenvalue weighted by Crippen LogP contribution is -2.47. The number of hydrogen-bond acceptors (Lipinski definition) is 8. The monoisotopic (exact) mass is 528 g/mol. The van der Waals surface area contributed by atoms with Crippen LogP contribution in [0.1, 0.15) is 72.1 Å². The minimum Gasteiger partial charge on any atom is -0.456 e. The molecule has 0 bridgehead atoms. The number of rotatable bonds is 11. The Morgan fingerprint density at radius 3 is 2.56 bits per heavy atom. The van der Waals surface area contributed by atoms with Crippen LogP contribution < -0.4 is 10.6 Å². The predicted molar refractivity (Wildman–Crippen MR) is 141 cm³/mol. The summed E-state index contributed by atoms with van der Waals surface area (Å²) in [5.41, 5.74) is 0. The van der Waals surface area contributed by atoms with E-state index in [1.807, 2.05) is 6.08 Å². The Labute approximate surface area is 219 Å². The lowest BCUT2D eigenvalue weighted by molar-refractivity contribution is -0.153. The first kappa shape index (κ1) is 32.1. The van der Waals surface area contributed by atoms with Crippen molar-refractivity contribution in [3.8, 4) is 0 Å². The number of thioether (sulfide) groups is 1. The molecule has 1 rings (SSSR count). The topological polar surface area (TPSA) is 120 Å². The molecular formula is C26H44N2O7S. The third-order valence-electron chi connectivity index (χ3n) is 5.45. The van der Waals surface area contributed by atoms with Gasteiger partial charge in [0.1, 0.15) is 18.8 Å². The SMILES string of the molecule is CCCCCCCC(=O)SCCC=C[C@@H]1CC(=O)NCCOCCOCC(=O)N[C@@H](C(C)C)C(=O)O1. The molecular weight excluding hydrogens is 484 g/mol. The van der Waals surface area contributed by atoms with E-state index in [1.165, 1.54) is 31.0 Å². The molecule has 9 nitrogen and oxygen atoms in total. The highest BCUT2D eigenvalue weighted by Crippen LogP contribution is 2.14. The molecule has 0 aromatic heterocycles. The zero-order valence-corrected chi connectivity index (χ0v) is 22.9. The first-order valence-corrected chi connectivity index (χ1v) is 14.1. The van der Waals surface area contributed by atoms with Gasteiger partial charge in [-0.3, -0.25) is 14.4 Å². The molecule has 0 radical (unpaired) electrons. The van der Waals surface area contributed by atoms with Gasteiger partial charge in [0.25, 0.3) is 0 Å². The van der Waals surface area contributed by atoms with E-state index in [0.29, 0.717) is 38.4 Å². The third-order valence-corrected chi connectivity index (χ3v) is 6.41. The number of unbranched alkanes of at least 4 members (excludes halogenated alkanes) is 4. The van der Waals surface area contributed by atoms with Gasteiger partial charge in [-0.15, -0.1) is 0 Å². The number of esters is 1. The minimum absolute atomic E-state index is 0.0477. The maximum absolute atomic E-state index is 12.8. The highest BCUT2D eigenvalue weighted by atomic mass is 32.2. The number of cyclic esters (lactones) is 1. The molecule has 1 saturated heterocycles. The van der Waals surface area contributed by atoms with Gasteiger partial charge in [-0.1, -0.05) is 64.3 Å². The summed E-state index contributed by atoms with van der Waals surface area (Å²) in [6, 6.07) is -0.866. The molecule has 1 fully saturated rings. The van der Waals surface area contributed by atoms with E-state index >= 15 is 0 Å². The van der Waals surface area contributed by atoms with Gasteiger partial charge < -0.3 is 24.8 Å². The van der Waals surface area contributed by atoms with Crippen LogP contribution in [0.25, 0.3) is 0 Å². The summed E-state index contributed by atoms with van der Waals surface area (Å²) in [6.45, 7) is 6.73. The number of carbonyl (C=O) groups is 4. The highest BCUT2D eigenvalue weighted by molar-refractivity contribution is 8.13. The van der Waals surface area contributed by atoms with E-state index in [-0.39, 0.29) is 36.6 Å².